The molecule has 3 heteroatoms. The van der Waals surface area contributed by atoms with E-state index in [1.165, 1.54) is 19.3 Å². The van der Waals surface area contributed by atoms with Crippen molar-refractivity contribution in [3.63, 3.8) is 0 Å². The van der Waals surface area contributed by atoms with Crippen LogP contribution in [0.2, 0.25) is 0 Å². The first-order valence-corrected chi connectivity index (χ1v) is 4.37. The normalized spacial score (nSPS) is 8.58. The summed E-state index contributed by atoms with van der Waals surface area (Å²) in [6, 6.07) is 0. The lowest BCUT2D eigenvalue weighted by atomic mass is 10.1. The van der Waals surface area contributed by atoms with Crippen LogP contribution >= 0.6 is 0 Å². The Kier molecular flexibility index (Phi) is 15.1. The largest absolute Gasteiger partial charge is 0.481 e. The van der Waals surface area contributed by atoms with Gasteiger partial charge < -0.3 is 5.11 Å². The average Bonchev–Trinajstić information content (AvgIpc) is 2.07. The highest BCUT2D eigenvalue weighted by atomic mass is 19.1. The van der Waals surface area contributed by atoms with Crippen LogP contribution in [0.3, 0.4) is 0 Å². The summed E-state index contributed by atoms with van der Waals surface area (Å²) in [6.45, 7) is 2.15. The molecule has 1 N–H and O–H groups in total. The van der Waals surface area contributed by atoms with Crippen LogP contribution in [0.25, 0.3) is 0 Å². The van der Waals surface area contributed by atoms with E-state index in [1.807, 2.05) is 0 Å². The highest BCUT2D eigenvalue weighted by Gasteiger charge is 1.94. The second-order valence-corrected chi connectivity index (χ2v) is 2.56. The Bertz CT molecular complexity index is 94.5. The molecule has 0 bridgehead atoms. The molecule has 0 aromatic carbocycles. The summed E-state index contributed by atoms with van der Waals surface area (Å²) in [5.74, 6) is -0.670. The van der Waals surface area contributed by atoms with Crippen molar-refractivity contribution in [2.45, 2.75) is 45.4 Å². The molecule has 0 atom stereocenters. The first-order chi connectivity index (χ1) is 5.77. The zero-order valence-corrected chi connectivity index (χ0v) is 7.98. The van der Waals surface area contributed by atoms with Crippen molar-refractivity contribution in [2.24, 2.45) is 0 Å². The summed E-state index contributed by atoms with van der Waals surface area (Å²) in [5.41, 5.74) is 0. The molecule has 0 aliphatic carbocycles. The Morgan fingerprint density at radius 2 is 1.67 bits per heavy atom. The van der Waals surface area contributed by atoms with E-state index >= 15 is 0 Å². The maximum absolute atomic E-state index is 10.0. The number of unbranched alkanes of at least 4 members (excludes halogenated alkanes) is 4. The molecule has 74 valence electrons. The SMILES string of the molecule is CCCCCCCC(=O)O.CF. The van der Waals surface area contributed by atoms with Crippen molar-refractivity contribution in [3.8, 4) is 0 Å². The highest BCUT2D eigenvalue weighted by molar-refractivity contribution is 5.66. The molecule has 0 aliphatic heterocycles. The number of carboxylic acid groups (broad SMARTS) is 1. The molecule has 0 fully saturated rings. The number of halogens is 1. The molecule has 0 heterocycles. The van der Waals surface area contributed by atoms with Gasteiger partial charge in [0.1, 0.15) is 0 Å². The average molecular weight is 178 g/mol. The summed E-state index contributed by atoms with van der Waals surface area (Å²) < 4.78 is 9.50. The van der Waals surface area contributed by atoms with Crippen LogP contribution in [-0.4, -0.2) is 18.3 Å². The van der Waals surface area contributed by atoms with Gasteiger partial charge in [0.25, 0.3) is 0 Å². The van der Waals surface area contributed by atoms with Crippen molar-refractivity contribution in [1.82, 2.24) is 0 Å². The third-order valence-corrected chi connectivity index (χ3v) is 1.49. The quantitative estimate of drug-likeness (QED) is 0.635. The fraction of sp³-hybridized carbons (Fsp3) is 0.889. The van der Waals surface area contributed by atoms with Crippen LogP contribution in [-0.2, 0) is 4.79 Å². The predicted octanol–water partition coefficient (Wildman–Crippen LogP) is 3.02. The zero-order chi connectivity index (χ0) is 9.82. The van der Waals surface area contributed by atoms with Gasteiger partial charge in [0, 0.05) is 6.42 Å². The molecule has 2 nitrogen and oxygen atoms in total. The Balaban J connectivity index is 0. The number of carboxylic acids is 1. The summed E-state index contributed by atoms with van der Waals surface area (Å²) in [4.78, 5) is 10.0. The second kappa shape index (κ2) is 13.0. The monoisotopic (exact) mass is 178 g/mol. The molecule has 0 unspecified atom stereocenters. The molecular weight excluding hydrogens is 159 g/mol. The summed E-state index contributed by atoms with van der Waals surface area (Å²) in [5, 5.41) is 8.27. The van der Waals surface area contributed by atoms with Gasteiger partial charge in [0.05, 0.1) is 7.18 Å². The van der Waals surface area contributed by atoms with Crippen LogP contribution in [0.5, 0.6) is 0 Å². The fourth-order valence-electron chi connectivity index (χ4n) is 0.880. The number of carbonyl (C=O) groups is 1. The Hall–Kier alpha value is -0.600. The van der Waals surface area contributed by atoms with Crippen LogP contribution in [0.15, 0.2) is 0 Å². The topological polar surface area (TPSA) is 37.3 Å². The van der Waals surface area contributed by atoms with E-state index in [1.54, 1.807) is 0 Å². The minimum Gasteiger partial charge on any atom is -0.481 e. The molecular formula is C9H19FO2. The Labute approximate surface area is 73.8 Å². The van der Waals surface area contributed by atoms with Gasteiger partial charge in [0.15, 0.2) is 0 Å². The van der Waals surface area contributed by atoms with E-state index in [9.17, 15) is 9.18 Å². The van der Waals surface area contributed by atoms with Crippen molar-refractivity contribution in [3.05, 3.63) is 0 Å². The van der Waals surface area contributed by atoms with Gasteiger partial charge >= 0.3 is 5.97 Å². The third-order valence-electron chi connectivity index (χ3n) is 1.49. The van der Waals surface area contributed by atoms with Gasteiger partial charge in [-0.3, -0.25) is 9.18 Å². The lowest BCUT2D eigenvalue weighted by molar-refractivity contribution is -0.137. The van der Waals surface area contributed by atoms with E-state index < -0.39 is 5.97 Å². The summed E-state index contributed by atoms with van der Waals surface area (Å²) in [7, 11) is 0.500. The maximum Gasteiger partial charge on any atom is 0.303 e. The number of alkyl halides is 1. The van der Waals surface area contributed by atoms with Gasteiger partial charge in [-0.15, -0.1) is 0 Å². The lowest BCUT2D eigenvalue weighted by Gasteiger charge is -1.95. The van der Waals surface area contributed by atoms with Gasteiger partial charge in [-0.1, -0.05) is 32.6 Å². The van der Waals surface area contributed by atoms with Crippen LogP contribution in [0, 0.1) is 0 Å². The van der Waals surface area contributed by atoms with E-state index in [0.29, 0.717) is 13.6 Å². The molecule has 0 rings (SSSR count). The number of hydrogen-bond donors (Lipinski definition) is 1. The number of rotatable bonds is 6. The van der Waals surface area contributed by atoms with E-state index in [4.69, 9.17) is 5.11 Å². The molecule has 0 spiro atoms. The standard InChI is InChI=1S/C8H16O2.CH3F/c1-2-3-4-5-6-7-8(9)10;1-2/h2-7H2,1H3,(H,9,10);1H3. The van der Waals surface area contributed by atoms with Crippen molar-refractivity contribution in [2.75, 3.05) is 7.18 Å². The van der Waals surface area contributed by atoms with Crippen LogP contribution in [0.4, 0.5) is 4.39 Å². The molecule has 0 amide bonds. The van der Waals surface area contributed by atoms with E-state index in [0.717, 1.165) is 12.8 Å². The minimum atomic E-state index is -0.670. The van der Waals surface area contributed by atoms with Crippen LogP contribution in [0.1, 0.15) is 45.4 Å². The Morgan fingerprint density at radius 3 is 2.08 bits per heavy atom. The number of aliphatic carboxylic acids is 1. The van der Waals surface area contributed by atoms with Crippen LogP contribution < -0.4 is 0 Å². The summed E-state index contributed by atoms with van der Waals surface area (Å²) in [6.07, 6.45) is 5.88. The van der Waals surface area contributed by atoms with Gasteiger partial charge in [-0.25, -0.2) is 0 Å². The molecule has 0 aromatic rings. The maximum atomic E-state index is 10.0. The van der Waals surface area contributed by atoms with Gasteiger partial charge in [-0.2, -0.15) is 0 Å². The highest BCUT2D eigenvalue weighted by Crippen LogP contribution is 2.04. The van der Waals surface area contributed by atoms with Crippen molar-refractivity contribution < 1.29 is 14.3 Å². The predicted molar refractivity (Wildman–Crippen MR) is 48.0 cm³/mol. The smallest absolute Gasteiger partial charge is 0.303 e. The first kappa shape index (κ1) is 14.0. The van der Waals surface area contributed by atoms with Crippen molar-refractivity contribution >= 4 is 5.97 Å². The summed E-state index contributed by atoms with van der Waals surface area (Å²) >= 11 is 0. The Morgan fingerprint density at radius 1 is 1.17 bits per heavy atom. The van der Waals surface area contributed by atoms with E-state index in [-0.39, 0.29) is 0 Å². The van der Waals surface area contributed by atoms with Crippen molar-refractivity contribution in [1.29, 1.82) is 0 Å². The van der Waals surface area contributed by atoms with E-state index in [2.05, 4.69) is 6.92 Å². The second-order valence-electron chi connectivity index (χ2n) is 2.56. The molecule has 12 heavy (non-hydrogen) atoms. The minimum absolute atomic E-state index is 0.337. The third kappa shape index (κ3) is 16.2. The molecule has 0 aromatic heterocycles. The fourth-order valence-corrected chi connectivity index (χ4v) is 0.880. The molecule has 0 radical (unpaired) electrons. The lowest BCUT2D eigenvalue weighted by Crippen LogP contribution is -1.93. The van der Waals surface area contributed by atoms with Gasteiger partial charge in [0.2, 0.25) is 0 Å². The van der Waals surface area contributed by atoms with Gasteiger partial charge in [-0.05, 0) is 6.42 Å². The molecule has 0 aliphatic rings. The molecule has 0 saturated carbocycles. The molecule has 0 saturated heterocycles. The number of hydrogen-bond acceptors (Lipinski definition) is 1. The first-order valence-electron chi connectivity index (χ1n) is 4.37. The zero-order valence-electron chi connectivity index (χ0n) is 7.98.